The average Bonchev–Trinajstić information content (AvgIpc) is 2.13. The van der Waals surface area contributed by atoms with Crippen molar-refractivity contribution in [3.05, 3.63) is 0 Å². The lowest BCUT2D eigenvalue weighted by atomic mass is 9.81. The van der Waals surface area contributed by atoms with Gasteiger partial charge < -0.3 is 14.2 Å². The second-order valence-corrected chi connectivity index (χ2v) is 4.97. The standard InChI is InChI=1S/C12H24O3/c1-8(2)14-11-7-12(5,13-6)9(3)10(4)15-11/h8-11H,7H2,1-6H3/t9?,10-,11+,12+/m0/s1. The molecule has 3 heteroatoms. The third-order valence-electron chi connectivity index (χ3n) is 3.50. The van der Waals surface area contributed by atoms with E-state index < -0.39 is 0 Å². The van der Waals surface area contributed by atoms with Crippen LogP contribution in [0.5, 0.6) is 0 Å². The first-order valence-corrected chi connectivity index (χ1v) is 5.75. The van der Waals surface area contributed by atoms with Crippen molar-refractivity contribution in [1.29, 1.82) is 0 Å². The second-order valence-electron chi connectivity index (χ2n) is 4.97. The summed E-state index contributed by atoms with van der Waals surface area (Å²) in [7, 11) is 1.76. The number of methoxy groups -OCH3 is 1. The van der Waals surface area contributed by atoms with Crippen molar-refractivity contribution >= 4 is 0 Å². The summed E-state index contributed by atoms with van der Waals surface area (Å²) in [5, 5.41) is 0. The van der Waals surface area contributed by atoms with Crippen molar-refractivity contribution < 1.29 is 14.2 Å². The largest absolute Gasteiger partial charge is 0.378 e. The maximum Gasteiger partial charge on any atom is 0.161 e. The smallest absolute Gasteiger partial charge is 0.161 e. The van der Waals surface area contributed by atoms with E-state index in [-0.39, 0.29) is 24.1 Å². The highest BCUT2D eigenvalue weighted by atomic mass is 16.7. The number of ether oxygens (including phenoxy) is 3. The van der Waals surface area contributed by atoms with Gasteiger partial charge in [0.15, 0.2) is 6.29 Å². The van der Waals surface area contributed by atoms with Crippen molar-refractivity contribution in [3.8, 4) is 0 Å². The van der Waals surface area contributed by atoms with E-state index in [1.807, 2.05) is 13.8 Å². The first-order chi connectivity index (χ1) is 6.89. The topological polar surface area (TPSA) is 27.7 Å². The van der Waals surface area contributed by atoms with E-state index in [0.29, 0.717) is 5.92 Å². The van der Waals surface area contributed by atoms with Crippen molar-refractivity contribution in [2.24, 2.45) is 5.92 Å². The summed E-state index contributed by atoms with van der Waals surface area (Å²) in [6.45, 7) is 10.4. The summed E-state index contributed by atoms with van der Waals surface area (Å²) < 4.78 is 17.1. The second kappa shape index (κ2) is 4.81. The Morgan fingerprint density at radius 1 is 1.33 bits per heavy atom. The monoisotopic (exact) mass is 216 g/mol. The van der Waals surface area contributed by atoms with E-state index in [4.69, 9.17) is 14.2 Å². The van der Waals surface area contributed by atoms with Crippen LogP contribution in [0.15, 0.2) is 0 Å². The van der Waals surface area contributed by atoms with Gasteiger partial charge in [-0.2, -0.15) is 0 Å². The van der Waals surface area contributed by atoms with Crippen LogP contribution in [0.3, 0.4) is 0 Å². The molecule has 1 unspecified atom stereocenters. The first-order valence-electron chi connectivity index (χ1n) is 5.75. The minimum absolute atomic E-state index is 0.138. The van der Waals surface area contributed by atoms with Crippen LogP contribution >= 0.6 is 0 Å². The molecule has 1 rings (SSSR count). The van der Waals surface area contributed by atoms with Gasteiger partial charge in [-0.1, -0.05) is 6.92 Å². The van der Waals surface area contributed by atoms with Crippen LogP contribution in [0.1, 0.15) is 41.0 Å². The SMILES string of the molecule is CO[C@]1(C)C[C@H](OC(C)C)O[C@@H](C)C1C. The molecule has 0 N–H and O–H groups in total. The zero-order valence-corrected chi connectivity index (χ0v) is 10.7. The molecule has 0 aromatic rings. The lowest BCUT2D eigenvalue weighted by molar-refractivity contribution is -0.268. The number of rotatable bonds is 3. The predicted molar refractivity (Wildman–Crippen MR) is 59.8 cm³/mol. The highest BCUT2D eigenvalue weighted by Gasteiger charge is 2.43. The van der Waals surface area contributed by atoms with Gasteiger partial charge in [0.05, 0.1) is 17.8 Å². The van der Waals surface area contributed by atoms with Gasteiger partial charge in [0.1, 0.15) is 0 Å². The Labute approximate surface area is 93.1 Å². The molecule has 0 bridgehead atoms. The zero-order chi connectivity index (χ0) is 11.6. The molecule has 0 spiro atoms. The summed E-state index contributed by atoms with van der Waals surface area (Å²) in [6.07, 6.45) is 1.03. The highest BCUT2D eigenvalue weighted by Crippen LogP contribution is 2.36. The summed E-state index contributed by atoms with van der Waals surface area (Å²) in [5.41, 5.74) is -0.142. The summed E-state index contributed by atoms with van der Waals surface area (Å²) in [4.78, 5) is 0. The van der Waals surface area contributed by atoms with Gasteiger partial charge in [0.25, 0.3) is 0 Å². The molecule has 1 aliphatic heterocycles. The molecular weight excluding hydrogens is 192 g/mol. The summed E-state index contributed by atoms with van der Waals surface area (Å²) in [6, 6.07) is 0. The van der Waals surface area contributed by atoms with Crippen LogP contribution in [-0.2, 0) is 14.2 Å². The molecule has 0 aliphatic carbocycles. The maximum absolute atomic E-state index is 5.80. The average molecular weight is 216 g/mol. The molecule has 90 valence electrons. The van der Waals surface area contributed by atoms with E-state index >= 15 is 0 Å². The van der Waals surface area contributed by atoms with E-state index in [2.05, 4.69) is 20.8 Å². The van der Waals surface area contributed by atoms with Gasteiger partial charge in [0, 0.05) is 19.4 Å². The van der Waals surface area contributed by atoms with Crippen LogP contribution in [-0.4, -0.2) is 31.2 Å². The Hall–Kier alpha value is -0.120. The minimum atomic E-state index is -0.142. The Balaban J connectivity index is 2.67. The molecule has 1 saturated heterocycles. The van der Waals surface area contributed by atoms with Crippen molar-refractivity contribution in [2.45, 2.75) is 65.1 Å². The van der Waals surface area contributed by atoms with Crippen LogP contribution < -0.4 is 0 Å². The summed E-state index contributed by atoms with van der Waals surface area (Å²) >= 11 is 0. The van der Waals surface area contributed by atoms with Crippen LogP contribution in [0.25, 0.3) is 0 Å². The molecular formula is C12H24O3. The molecule has 1 fully saturated rings. The normalized spacial score (nSPS) is 42.2. The molecule has 0 aromatic carbocycles. The Morgan fingerprint density at radius 2 is 1.93 bits per heavy atom. The number of hydrogen-bond acceptors (Lipinski definition) is 3. The molecule has 3 nitrogen and oxygen atoms in total. The fourth-order valence-corrected chi connectivity index (χ4v) is 2.07. The quantitative estimate of drug-likeness (QED) is 0.725. The van der Waals surface area contributed by atoms with Crippen LogP contribution in [0, 0.1) is 5.92 Å². The lowest BCUT2D eigenvalue weighted by Gasteiger charge is -2.45. The Kier molecular flexibility index (Phi) is 4.15. The Morgan fingerprint density at radius 3 is 2.40 bits per heavy atom. The van der Waals surface area contributed by atoms with Gasteiger partial charge >= 0.3 is 0 Å². The van der Waals surface area contributed by atoms with E-state index in [9.17, 15) is 0 Å². The van der Waals surface area contributed by atoms with Crippen LogP contribution in [0.2, 0.25) is 0 Å². The van der Waals surface area contributed by atoms with Crippen molar-refractivity contribution in [1.82, 2.24) is 0 Å². The van der Waals surface area contributed by atoms with Gasteiger partial charge in [-0.15, -0.1) is 0 Å². The third kappa shape index (κ3) is 2.92. The fourth-order valence-electron chi connectivity index (χ4n) is 2.07. The Bertz CT molecular complexity index is 205. The molecule has 15 heavy (non-hydrogen) atoms. The van der Waals surface area contributed by atoms with Crippen molar-refractivity contribution in [3.63, 3.8) is 0 Å². The van der Waals surface area contributed by atoms with Gasteiger partial charge in [-0.25, -0.2) is 0 Å². The molecule has 1 aliphatic rings. The van der Waals surface area contributed by atoms with Gasteiger partial charge in [-0.3, -0.25) is 0 Å². The number of hydrogen-bond donors (Lipinski definition) is 0. The zero-order valence-electron chi connectivity index (χ0n) is 10.7. The highest BCUT2D eigenvalue weighted by molar-refractivity contribution is 4.89. The molecule has 0 saturated carbocycles. The molecule has 1 heterocycles. The molecule has 0 amide bonds. The summed E-state index contributed by atoms with van der Waals surface area (Å²) in [5.74, 6) is 0.384. The molecule has 0 aromatic heterocycles. The van der Waals surface area contributed by atoms with E-state index in [1.54, 1.807) is 7.11 Å². The maximum atomic E-state index is 5.80. The fraction of sp³-hybridized carbons (Fsp3) is 1.00. The molecule has 4 atom stereocenters. The predicted octanol–water partition coefficient (Wildman–Crippen LogP) is 2.59. The first kappa shape index (κ1) is 12.9. The van der Waals surface area contributed by atoms with E-state index in [1.165, 1.54) is 0 Å². The van der Waals surface area contributed by atoms with Gasteiger partial charge in [-0.05, 0) is 27.7 Å². The van der Waals surface area contributed by atoms with E-state index in [0.717, 1.165) is 6.42 Å². The lowest BCUT2D eigenvalue weighted by Crippen LogP contribution is -2.51. The molecule has 0 radical (unpaired) electrons. The minimum Gasteiger partial charge on any atom is -0.378 e. The van der Waals surface area contributed by atoms with Gasteiger partial charge in [0.2, 0.25) is 0 Å². The van der Waals surface area contributed by atoms with Crippen molar-refractivity contribution in [2.75, 3.05) is 7.11 Å². The third-order valence-corrected chi connectivity index (χ3v) is 3.50. The van der Waals surface area contributed by atoms with Crippen LogP contribution in [0.4, 0.5) is 0 Å².